The van der Waals surface area contributed by atoms with Crippen molar-refractivity contribution in [2.75, 3.05) is 0 Å². The van der Waals surface area contributed by atoms with Crippen molar-refractivity contribution in [3.05, 3.63) is 74.6 Å². The van der Waals surface area contributed by atoms with Crippen LogP contribution in [0.15, 0.2) is 63.5 Å². The molecule has 4 aliphatic rings. The van der Waals surface area contributed by atoms with Gasteiger partial charge in [0, 0.05) is 0 Å². The molecule has 2 fully saturated rings. The summed E-state index contributed by atoms with van der Waals surface area (Å²) in [5.74, 6) is 1.83. The van der Waals surface area contributed by atoms with Gasteiger partial charge in [0.05, 0.1) is 0 Å². The van der Waals surface area contributed by atoms with E-state index in [1.165, 1.54) is 76.2 Å². The number of fused-ring (bicyclic) bond motifs is 3. The molecule has 4 aliphatic carbocycles. The summed E-state index contributed by atoms with van der Waals surface area (Å²) in [5.41, 5.74) is 7.95. The smallest absolute Gasteiger partial charge is 1.00 e. The third-order valence-corrected chi connectivity index (χ3v) is 17.8. The fourth-order valence-electron chi connectivity index (χ4n) is 7.37. The van der Waals surface area contributed by atoms with Gasteiger partial charge in [-0.1, -0.05) is 0 Å². The summed E-state index contributed by atoms with van der Waals surface area (Å²) >= 11 is -2.21. The van der Waals surface area contributed by atoms with Gasteiger partial charge < -0.3 is 24.8 Å². The van der Waals surface area contributed by atoms with Crippen LogP contribution in [0.25, 0.3) is 11.1 Å². The largest absolute Gasteiger partial charge is 1.00 e. The zero-order valence-corrected chi connectivity index (χ0v) is 25.1. The molecule has 6 rings (SSSR count). The molecule has 0 saturated heterocycles. The van der Waals surface area contributed by atoms with Crippen LogP contribution in [0.2, 0.25) is 0 Å². The Kier molecular flexibility index (Phi) is 9.51. The van der Waals surface area contributed by atoms with Gasteiger partial charge in [-0.3, -0.25) is 0 Å². The van der Waals surface area contributed by atoms with Crippen molar-refractivity contribution in [2.45, 2.75) is 84.0 Å². The van der Waals surface area contributed by atoms with Crippen LogP contribution in [-0.2, 0) is 27.7 Å². The van der Waals surface area contributed by atoms with Gasteiger partial charge >= 0.3 is 209 Å². The van der Waals surface area contributed by atoms with Crippen LogP contribution >= 0.6 is 0 Å². The van der Waals surface area contributed by atoms with E-state index in [9.17, 15) is 0 Å². The number of benzene rings is 2. The molecule has 0 nitrogen and oxygen atoms in total. The topological polar surface area (TPSA) is 0 Å². The number of allylic oxidation sites excluding steroid dienone is 4. The molecule has 0 amide bonds. The first-order chi connectivity index (χ1) is 16.3. The second-order valence-corrected chi connectivity index (χ2v) is 17.0. The molecule has 0 aliphatic heterocycles. The molecule has 3 heteroatoms. The van der Waals surface area contributed by atoms with E-state index in [1.54, 1.807) is 22.3 Å². The van der Waals surface area contributed by atoms with Crippen LogP contribution in [0.3, 0.4) is 0 Å². The minimum atomic E-state index is -2.21. The number of rotatable bonds is 4. The van der Waals surface area contributed by atoms with Crippen LogP contribution in [0.5, 0.6) is 0 Å². The predicted molar refractivity (Wildman–Crippen MR) is 139 cm³/mol. The Morgan fingerprint density at radius 2 is 1.37 bits per heavy atom. The summed E-state index contributed by atoms with van der Waals surface area (Å²) in [5, 5.41) is 0. The van der Waals surface area contributed by atoms with Gasteiger partial charge in [0.15, 0.2) is 0 Å². The maximum Gasteiger partial charge on any atom is -1.00 e. The van der Waals surface area contributed by atoms with E-state index in [1.807, 2.05) is 6.55 Å². The van der Waals surface area contributed by atoms with E-state index >= 15 is 0 Å². The first-order valence-electron chi connectivity index (χ1n) is 13.6. The van der Waals surface area contributed by atoms with Crippen LogP contribution < -0.4 is 28.1 Å². The summed E-state index contributed by atoms with van der Waals surface area (Å²) < 4.78 is 5.91. The van der Waals surface area contributed by atoms with E-state index in [4.69, 9.17) is 0 Å². The molecule has 184 valence electrons. The molecule has 0 atom stereocenters. The molecule has 2 saturated carbocycles. The molecule has 0 N–H and O–H groups in total. The molecule has 0 radical (unpaired) electrons. The minimum Gasteiger partial charge on any atom is -1.00 e. The average Bonchev–Trinajstić information content (AvgIpc) is 3.47. The fourth-order valence-corrected chi connectivity index (χ4v) is 17.1. The zero-order chi connectivity index (χ0) is 22.2. The third-order valence-electron chi connectivity index (χ3n) is 8.97. The normalized spacial score (nSPS) is 19.3. The van der Waals surface area contributed by atoms with Gasteiger partial charge in [-0.25, -0.2) is 0 Å². The van der Waals surface area contributed by atoms with Gasteiger partial charge in [-0.15, -0.1) is 0 Å². The number of hydrogen-bond donors (Lipinski definition) is 0. The molecule has 2 aromatic rings. The molecule has 35 heavy (non-hydrogen) atoms. The molecule has 0 aromatic heterocycles. The van der Waals surface area contributed by atoms with Crippen molar-refractivity contribution in [3.63, 3.8) is 0 Å². The van der Waals surface area contributed by atoms with E-state index in [0.29, 0.717) is 0 Å². The van der Waals surface area contributed by atoms with Crippen molar-refractivity contribution in [1.82, 2.24) is 0 Å². The maximum absolute atomic E-state index is 2.60. The first-order valence-corrected chi connectivity index (χ1v) is 17.3. The summed E-state index contributed by atoms with van der Waals surface area (Å²) in [6.07, 6.45) is 22.0. The Labute approximate surface area is 232 Å². The zero-order valence-electron chi connectivity index (χ0n) is 21.1. The average molecular weight is 585 g/mol. The Balaban J connectivity index is 0.00000144. The molecule has 2 aromatic carbocycles. The monoisotopic (exact) mass is 582 g/mol. The summed E-state index contributed by atoms with van der Waals surface area (Å²) in [7, 11) is 0. The molecule has 0 heterocycles. The summed E-state index contributed by atoms with van der Waals surface area (Å²) in [6, 6.07) is 16.6. The van der Waals surface area contributed by atoms with Crippen LogP contribution in [-0.4, -0.2) is 3.21 Å². The van der Waals surface area contributed by atoms with E-state index in [-0.39, 0.29) is 24.8 Å². The molecule has 0 unspecified atom stereocenters. The Morgan fingerprint density at radius 1 is 0.743 bits per heavy atom. The number of hydrogen-bond acceptors (Lipinski definition) is 0. The summed E-state index contributed by atoms with van der Waals surface area (Å²) in [4.78, 5) is 0. The Hall–Kier alpha value is -0.747. The van der Waals surface area contributed by atoms with Gasteiger partial charge in [0.25, 0.3) is 0 Å². The first kappa shape index (κ1) is 27.3. The van der Waals surface area contributed by atoms with Crippen molar-refractivity contribution >= 4 is 6.48 Å². The van der Waals surface area contributed by atoms with Crippen molar-refractivity contribution in [3.8, 4) is 11.1 Å². The number of halogens is 2. The third kappa shape index (κ3) is 5.30. The maximum atomic E-state index is 2.60. The SMILES string of the molecule is CC1=[C]([Zr+2](=[C](C2CCCCC2)C2CCCCC2)[c]2cccc3c2Cc2ccccc2-3)CC=C1.[Cl-].[Cl-]. The quantitative estimate of drug-likeness (QED) is 0.441. The van der Waals surface area contributed by atoms with Crippen molar-refractivity contribution in [1.29, 1.82) is 0 Å². The Bertz CT molecular complexity index is 1120. The molecule has 0 spiro atoms. The van der Waals surface area contributed by atoms with Crippen LogP contribution in [0.4, 0.5) is 0 Å². The van der Waals surface area contributed by atoms with Crippen LogP contribution in [0.1, 0.15) is 88.7 Å². The van der Waals surface area contributed by atoms with Crippen molar-refractivity contribution < 1.29 is 46.1 Å². The molecular formula is C32H38Cl2Zr. The van der Waals surface area contributed by atoms with Gasteiger partial charge in [0.1, 0.15) is 0 Å². The Morgan fingerprint density at radius 3 is 2.00 bits per heavy atom. The molecule has 0 bridgehead atoms. The van der Waals surface area contributed by atoms with E-state index < -0.39 is 21.3 Å². The van der Waals surface area contributed by atoms with Gasteiger partial charge in [-0.2, -0.15) is 0 Å². The predicted octanol–water partition coefficient (Wildman–Crippen LogP) is 2.08. The fraction of sp³-hybridized carbons (Fsp3) is 0.469. The second-order valence-electron chi connectivity index (χ2n) is 10.9. The van der Waals surface area contributed by atoms with Gasteiger partial charge in [-0.05, 0) is 0 Å². The minimum absolute atomic E-state index is 0. The second kappa shape index (κ2) is 12.2. The van der Waals surface area contributed by atoms with E-state index in [2.05, 4.69) is 64.7 Å². The summed E-state index contributed by atoms with van der Waals surface area (Å²) in [6.45, 7) is 2.43. The van der Waals surface area contributed by atoms with Crippen molar-refractivity contribution in [2.24, 2.45) is 11.8 Å². The van der Waals surface area contributed by atoms with E-state index in [0.717, 1.165) is 18.3 Å². The van der Waals surface area contributed by atoms with Crippen LogP contribution in [0, 0.1) is 11.8 Å². The standard InChI is InChI=1S/C13H9.C13H22.C6H7.2ClH.Zr/c1-3-7-12-10(5-1)9-11-6-2-4-8-13(11)12;1-3-7-12(8-4-1)11-13-9-5-2-6-10-13;1-6-4-2-3-5-6;;;/h1-5,7-8H,9H2;12-13H,1-10H2;2,4H,3H2,1H3;2*1H;/q;;;;;+2/p-2. The van der Waals surface area contributed by atoms with Gasteiger partial charge in [0.2, 0.25) is 0 Å². The molecular weight excluding hydrogens is 546 g/mol.